The summed E-state index contributed by atoms with van der Waals surface area (Å²) >= 11 is 0. The first-order valence-electron chi connectivity index (χ1n) is 5.47. The van der Waals surface area contributed by atoms with Gasteiger partial charge in [-0.15, -0.1) is 0 Å². The highest BCUT2D eigenvalue weighted by molar-refractivity contribution is 5.87. The molecule has 1 heterocycles. The fourth-order valence-corrected chi connectivity index (χ4v) is 2.06. The molecule has 84 valence electrons. The summed E-state index contributed by atoms with van der Waals surface area (Å²) in [6.45, 7) is 2.58. The van der Waals surface area contributed by atoms with Crippen molar-refractivity contribution in [1.82, 2.24) is 4.90 Å². The summed E-state index contributed by atoms with van der Waals surface area (Å²) in [6, 6.07) is 0.426. The summed E-state index contributed by atoms with van der Waals surface area (Å²) in [5.41, 5.74) is 1.23. The zero-order valence-corrected chi connectivity index (χ0v) is 9.53. The number of allylic oxidation sites excluding steroid dienone is 1. The number of hydrogen-bond acceptors (Lipinski definition) is 3. The van der Waals surface area contributed by atoms with Gasteiger partial charge in [0.15, 0.2) is 5.78 Å². The van der Waals surface area contributed by atoms with E-state index in [1.807, 2.05) is 0 Å². The van der Waals surface area contributed by atoms with Crippen LogP contribution in [-0.2, 0) is 9.59 Å². The second-order valence-electron chi connectivity index (χ2n) is 4.25. The zero-order chi connectivity index (χ0) is 11.3. The van der Waals surface area contributed by atoms with Crippen LogP contribution in [0.3, 0.4) is 0 Å². The van der Waals surface area contributed by atoms with E-state index in [1.54, 1.807) is 13.0 Å². The topological polar surface area (TPSA) is 37.4 Å². The quantitative estimate of drug-likeness (QED) is 0.521. The predicted molar refractivity (Wildman–Crippen MR) is 59.7 cm³/mol. The molecule has 3 heteroatoms. The average molecular weight is 209 g/mol. The van der Waals surface area contributed by atoms with E-state index in [-0.39, 0.29) is 5.78 Å². The summed E-state index contributed by atoms with van der Waals surface area (Å²) in [5.74, 6) is 0.128. The number of carbonyl (C=O) groups excluding carboxylic acids is 2. The van der Waals surface area contributed by atoms with Gasteiger partial charge >= 0.3 is 0 Å². The Labute approximate surface area is 91.1 Å². The Morgan fingerprint density at radius 2 is 2.33 bits per heavy atom. The van der Waals surface area contributed by atoms with Crippen LogP contribution in [0.5, 0.6) is 0 Å². The van der Waals surface area contributed by atoms with Crippen molar-refractivity contribution < 1.29 is 9.59 Å². The lowest BCUT2D eigenvalue weighted by Gasteiger charge is -2.33. The third-order valence-corrected chi connectivity index (χ3v) is 2.93. The van der Waals surface area contributed by atoms with Gasteiger partial charge in [-0.25, -0.2) is 0 Å². The number of nitrogens with zero attached hydrogens (tertiary/aromatic N) is 1. The van der Waals surface area contributed by atoms with Gasteiger partial charge in [0, 0.05) is 19.0 Å². The standard InChI is InChI=1S/C12H19NO2/c1-10(15)8-11-5-6-13(2)12(9-11)4-3-7-14/h7-8,12H,3-6,9H2,1-2H3/b11-8+. The molecule has 0 N–H and O–H groups in total. The molecule has 1 fully saturated rings. The molecule has 0 bridgehead atoms. The summed E-state index contributed by atoms with van der Waals surface area (Å²) in [4.78, 5) is 23.6. The first kappa shape index (κ1) is 12.1. The maximum atomic E-state index is 11.0. The lowest BCUT2D eigenvalue weighted by Crippen LogP contribution is -2.37. The number of likely N-dealkylation sites (tertiary alicyclic amines) is 1. The van der Waals surface area contributed by atoms with Crippen LogP contribution in [0.1, 0.15) is 32.6 Å². The molecule has 0 radical (unpaired) electrons. The number of hydrogen-bond donors (Lipinski definition) is 0. The molecule has 1 unspecified atom stereocenters. The second kappa shape index (κ2) is 5.81. The molecule has 1 atom stereocenters. The van der Waals surface area contributed by atoms with Crippen LogP contribution in [0, 0.1) is 0 Å². The minimum Gasteiger partial charge on any atom is -0.303 e. The van der Waals surface area contributed by atoms with Crippen LogP contribution in [0.2, 0.25) is 0 Å². The number of piperidine rings is 1. The van der Waals surface area contributed by atoms with E-state index in [9.17, 15) is 9.59 Å². The molecule has 0 amide bonds. The lowest BCUT2D eigenvalue weighted by atomic mass is 9.93. The molecular formula is C12H19NO2. The molecule has 0 aliphatic carbocycles. The van der Waals surface area contributed by atoms with Gasteiger partial charge in [0.1, 0.15) is 6.29 Å². The third-order valence-electron chi connectivity index (χ3n) is 2.93. The molecule has 1 aliphatic heterocycles. The third kappa shape index (κ3) is 3.96. The number of aldehydes is 1. The number of rotatable bonds is 4. The Morgan fingerprint density at radius 3 is 2.93 bits per heavy atom. The predicted octanol–water partition coefficient (Wildman–Crippen LogP) is 1.58. The van der Waals surface area contributed by atoms with Crippen molar-refractivity contribution >= 4 is 12.1 Å². The molecule has 3 nitrogen and oxygen atoms in total. The maximum absolute atomic E-state index is 11.0. The normalized spacial score (nSPS) is 25.5. The molecule has 1 saturated heterocycles. The largest absolute Gasteiger partial charge is 0.303 e. The van der Waals surface area contributed by atoms with Crippen molar-refractivity contribution in [2.75, 3.05) is 13.6 Å². The summed E-state index contributed by atoms with van der Waals surface area (Å²) in [6.07, 6.45) is 6.15. The van der Waals surface area contributed by atoms with Crippen LogP contribution in [0.25, 0.3) is 0 Å². The highest BCUT2D eigenvalue weighted by Crippen LogP contribution is 2.23. The fraction of sp³-hybridized carbons (Fsp3) is 0.667. The molecule has 0 spiro atoms. The average Bonchev–Trinajstić information content (AvgIpc) is 2.18. The van der Waals surface area contributed by atoms with E-state index in [2.05, 4.69) is 11.9 Å². The van der Waals surface area contributed by atoms with E-state index in [0.717, 1.165) is 32.1 Å². The van der Waals surface area contributed by atoms with Gasteiger partial charge in [0.2, 0.25) is 0 Å². The molecule has 1 rings (SSSR count). The second-order valence-corrected chi connectivity index (χ2v) is 4.25. The summed E-state index contributed by atoms with van der Waals surface area (Å²) in [7, 11) is 2.08. The van der Waals surface area contributed by atoms with Crippen molar-refractivity contribution in [3.05, 3.63) is 11.6 Å². The Bertz CT molecular complexity index is 271. The van der Waals surface area contributed by atoms with Gasteiger partial charge in [-0.1, -0.05) is 5.57 Å². The Balaban J connectivity index is 2.55. The van der Waals surface area contributed by atoms with E-state index in [4.69, 9.17) is 0 Å². The van der Waals surface area contributed by atoms with Gasteiger partial charge in [-0.2, -0.15) is 0 Å². The number of ketones is 1. The fourth-order valence-electron chi connectivity index (χ4n) is 2.06. The van der Waals surface area contributed by atoms with Crippen LogP contribution < -0.4 is 0 Å². The highest BCUT2D eigenvalue weighted by Gasteiger charge is 2.21. The minimum absolute atomic E-state index is 0.128. The smallest absolute Gasteiger partial charge is 0.152 e. The molecular weight excluding hydrogens is 190 g/mol. The van der Waals surface area contributed by atoms with Gasteiger partial charge in [-0.05, 0) is 39.3 Å². The van der Waals surface area contributed by atoms with Gasteiger partial charge in [0.25, 0.3) is 0 Å². The first-order chi connectivity index (χ1) is 7.13. The van der Waals surface area contributed by atoms with Crippen molar-refractivity contribution in [1.29, 1.82) is 0 Å². The van der Waals surface area contributed by atoms with Gasteiger partial charge < -0.3 is 9.69 Å². The molecule has 0 aromatic carbocycles. The van der Waals surface area contributed by atoms with Crippen LogP contribution in [0.4, 0.5) is 0 Å². The summed E-state index contributed by atoms with van der Waals surface area (Å²) < 4.78 is 0. The molecule has 0 aromatic rings. The van der Waals surface area contributed by atoms with Crippen molar-refractivity contribution in [2.24, 2.45) is 0 Å². The maximum Gasteiger partial charge on any atom is 0.152 e. The van der Waals surface area contributed by atoms with Crippen molar-refractivity contribution in [3.63, 3.8) is 0 Å². The van der Waals surface area contributed by atoms with E-state index in [1.165, 1.54) is 5.57 Å². The van der Waals surface area contributed by atoms with Crippen LogP contribution in [-0.4, -0.2) is 36.6 Å². The minimum atomic E-state index is 0.128. The Morgan fingerprint density at radius 1 is 1.60 bits per heavy atom. The SMILES string of the molecule is CC(=O)/C=C1\CCN(C)C(CCC=O)C1. The highest BCUT2D eigenvalue weighted by atomic mass is 16.1. The van der Waals surface area contributed by atoms with E-state index < -0.39 is 0 Å². The van der Waals surface area contributed by atoms with Gasteiger partial charge in [0.05, 0.1) is 0 Å². The van der Waals surface area contributed by atoms with Gasteiger partial charge in [-0.3, -0.25) is 4.79 Å². The zero-order valence-electron chi connectivity index (χ0n) is 9.53. The monoisotopic (exact) mass is 209 g/mol. The van der Waals surface area contributed by atoms with Crippen LogP contribution >= 0.6 is 0 Å². The molecule has 0 aromatic heterocycles. The molecule has 15 heavy (non-hydrogen) atoms. The van der Waals surface area contributed by atoms with E-state index >= 15 is 0 Å². The number of carbonyl (C=O) groups is 2. The van der Waals surface area contributed by atoms with Crippen molar-refractivity contribution in [2.45, 2.75) is 38.6 Å². The Hall–Kier alpha value is -0.960. The first-order valence-corrected chi connectivity index (χ1v) is 5.47. The van der Waals surface area contributed by atoms with Crippen LogP contribution in [0.15, 0.2) is 11.6 Å². The van der Waals surface area contributed by atoms with Crippen molar-refractivity contribution in [3.8, 4) is 0 Å². The molecule has 1 aliphatic rings. The Kier molecular flexibility index (Phi) is 4.69. The molecule has 0 saturated carbocycles. The summed E-state index contributed by atoms with van der Waals surface area (Å²) in [5, 5.41) is 0. The van der Waals surface area contributed by atoms with E-state index in [0.29, 0.717) is 12.5 Å². The lowest BCUT2D eigenvalue weighted by molar-refractivity contribution is -0.112.